The zero-order valence-corrected chi connectivity index (χ0v) is 29.1. The number of rotatable bonds is 10. The van der Waals surface area contributed by atoms with Crippen LogP contribution in [0.15, 0.2) is 72.7 Å². The van der Waals surface area contributed by atoms with Crippen LogP contribution in [-0.4, -0.2) is 36.4 Å². The van der Waals surface area contributed by atoms with Crippen molar-refractivity contribution in [1.29, 1.82) is 0 Å². The van der Waals surface area contributed by atoms with Gasteiger partial charge in [-0.05, 0) is 105 Å². The lowest BCUT2D eigenvalue weighted by molar-refractivity contribution is -0.124. The Kier molecular flexibility index (Phi) is 10.3. The van der Waals surface area contributed by atoms with Gasteiger partial charge in [0.25, 0.3) is 0 Å². The van der Waals surface area contributed by atoms with E-state index in [1.165, 1.54) is 12.8 Å². The third-order valence-electron chi connectivity index (χ3n) is 11.2. The molecule has 0 amide bonds. The third kappa shape index (κ3) is 7.32. The van der Waals surface area contributed by atoms with Crippen LogP contribution in [0, 0.1) is 55.1 Å². The van der Waals surface area contributed by atoms with Crippen LogP contribution in [0.3, 0.4) is 0 Å². The highest BCUT2D eigenvalue weighted by molar-refractivity contribution is 5.94. The number of ketones is 2. The van der Waals surface area contributed by atoms with Gasteiger partial charge < -0.3 is 18.9 Å². The summed E-state index contributed by atoms with van der Waals surface area (Å²) in [7, 11) is 0. The van der Waals surface area contributed by atoms with Crippen LogP contribution in [-0.2, 0) is 41.4 Å². The summed E-state index contributed by atoms with van der Waals surface area (Å²) in [6, 6.07) is 10.7. The van der Waals surface area contributed by atoms with E-state index in [1.54, 1.807) is 30.4 Å². The van der Waals surface area contributed by atoms with Crippen molar-refractivity contribution in [2.75, 3.05) is 13.6 Å². The molecule has 0 N–H and O–H groups in total. The van der Waals surface area contributed by atoms with Gasteiger partial charge in [0.1, 0.15) is 34.4 Å². The Morgan fingerprint density at radius 2 is 1.27 bits per heavy atom. The molecular formula is C41H48F2O6. The third-order valence-corrected chi connectivity index (χ3v) is 11.2. The molecule has 6 atom stereocenters. The van der Waals surface area contributed by atoms with Gasteiger partial charge in [0.05, 0.1) is 0 Å². The van der Waals surface area contributed by atoms with E-state index in [2.05, 4.69) is 13.5 Å². The zero-order chi connectivity index (χ0) is 34.9. The highest BCUT2D eigenvalue weighted by atomic mass is 19.1. The van der Waals surface area contributed by atoms with Crippen molar-refractivity contribution in [3.05, 3.63) is 107 Å². The summed E-state index contributed by atoms with van der Waals surface area (Å²) in [5.74, 6) is 1.65. The molecule has 7 rings (SSSR count). The molecule has 1 saturated carbocycles. The molecule has 262 valence electrons. The molecule has 0 aromatic heterocycles. The number of carbonyl (C=O) groups excluding carboxylic acids is 2. The van der Waals surface area contributed by atoms with Crippen LogP contribution in [0.4, 0.5) is 8.78 Å². The van der Waals surface area contributed by atoms with E-state index in [4.69, 9.17) is 18.9 Å². The lowest BCUT2D eigenvalue weighted by atomic mass is 9.71. The monoisotopic (exact) mass is 674 g/mol. The van der Waals surface area contributed by atoms with E-state index in [9.17, 15) is 18.4 Å². The average Bonchev–Trinajstić information content (AvgIpc) is 3.62. The zero-order valence-electron chi connectivity index (χ0n) is 29.1. The van der Waals surface area contributed by atoms with Gasteiger partial charge >= 0.3 is 0 Å². The summed E-state index contributed by atoms with van der Waals surface area (Å²) in [5, 5.41) is 0. The fourth-order valence-corrected chi connectivity index (χ4v) is 8.01. The van der Waals surface area contributed by atoms with E-state index < -0.39 is 11.2 Å². The van der Waals surface area contributed by atoms with Gasteiger partial charge in [-0.3, -0.25) is 9.59 Å². The van der Waals surface area contributed by atoms with E-state index in [1.807, 2.05) is 45.0 Å². The maximum Gasteiger partial charge on any atom is 0.189 e. The number of halogens is 2. The molecule has 2 heterocycles. The molecule has 0 radical (unpaired) electrons. The van der Waals surface area contributed by atoms with Gasteiger partial charge in [-0.15, -0.1) is 6.58 Å². The number of allylic oxidation sites excluding steroid dienone is 3. The molecule has 0 unspecified atom stereocenters. The Morgan fingerprint density at radius 3 is 1.71 bits per heavy atom. The van der Waals surface area contributed by atoms with Crippen molar-refractivity contribution >= 4 is 11.6 Å². The Balaban J connectivity index is 0.000000170. The van der Waals surface area contributed by atoms with Crippen molar-refractivity contribution in [2.24, 2.45) is 29.6 Å². The maximum atomic E-state index is 14.3. The average molecular weight is 675 g/mol. The Labute approximate surface area is 288 Å². The van der Waals surface area contributed by atoms with Gasteiger partial charge in [-0.2, -0.15) is 0 Å². The summed E-state index contributed by atoms with van der Waals surface area (Å²) in [4.78, 5) is 24.7. The normalized spacial score (nSPS) is 28.5. The highest BCUT2D eigenvalue weighted by Crippen LogP contribution is 2.49. The maximum absolute atomic E-state index is 14.3. The minimum atomic E-state index is -0.654. The van der Waals surface area contributed by atoms with E-state index >= 15 is 0 Å². The molecule has 0 bridgehead atoms. The predicted molar refractivity (Wildman–Crippen MR) is 182 cm³/mol. The van der Waals surface area contributed by atoms with E-state index in [0.29, 0.717) is 60.7 Å². The van der Waals surface area contributed by atoms with Crippen LogP contribution < -0.4 is 0 Å². The quantitative estimate of drug-likeness (QED) is 0.236. The van der Waals surface area contributed by atoms with E-state index in [0.717, 1.165) is 17.5 Å². The first kappa shape index (κ1) is 35.2. The number of hydrogen-bond donors (Lipinski definition) is 0. The summed E-state index contributed by atoms with van der Waals surface area (Å²) >= 11 is 0. The van der Waals surface area contributed by atoms with Crippen LogP contribution >= 0.6 is 0 Å². The van der Waals surface area contributed by atoms with Crippen molar-refractivity contribution in [1.82, 2.24) is 0 Å². The molecule has 2 aromatic rings. The predicted octanol–water partition coefficient (Wildman–Crippen LogP) is 8.43. The standard InChI is InChI=1S/C21H25FO3.C20H23FO3/c1-13-3-6-16(18(22)7-13)8-14(2)21-11-17(9-15-4-5-15)19(23)10-20(21)24-12-25-21;1-4-5-16-11-20(19(10-18(16)22)23-12-24-20)14(3)9-15-7-6-13(2)8-17(15)21/h3,6-7,10,14-15,17H,4-5,8-9,11-12H2,1-2H3;4,6-8,10,14,16H,1,5,9,11-12H2,2-3H3/t14-,17-,21+;14-,16-,20+/m00/s1. The van der Waals surface area contributed by atoms with Crippen molar-refractivity contribution in [2.45, 2.75) is 90.3 Å². The number of carbonyl (C=O) groups is 2. The summed E-state index contributed by atoms with van der Waals surface area (Å²) < 4.78 is 51.7. The second-order valence-corrected chi connectivity index (χ2v) is 14.8. The first-order valence-electron chi connectivity index (χ1n) is 17.6. The van der Waals surface area contributed by atoms with E-state index in [-0.39, 0.29) is 60.5 Å². The molecule has 2 aliphatic heterocycles. The molecule has 2 aromatic carbocycles. The first-order chi connectivity index (χ1) is 23.4. The van der Waals surface area contributed by atoms with Gasteiger partial charge in [0.2, 0.25) is 0 Å². The summed E-state index contributed by atoms with van der Waals surface area (Å²) in [5.41, 5.74) is 1.93. The van der Waals surface area contributed by atoms with Crippen LogP contribution in [0.1, 0.15) is 74.6 Å². The molecule has 3 fully saturated rings. The minimum absolute atomic E-state index is 0.00302. The Bertz CT molecular complexity index is 1660. The van der Waals surface area contributed by atoms with Crippen LogP contribution in [0.25, 0.3) is 0 Å². The summed E-state index contributed by atoms with van der Waals surface area (Å²) in [6.45, 7) is 11.9. The Hall–Kier alpha value is -3.62. The lowest BCUT2D eigenvalue weighted by Crippen LogP contribution is -2.45. The number of fused-ring (bicyclic) bond motifs is 2. The SMILES string of the molecule is C=CC[C@H]1C[C@]2([C@@H](C)Cc3ccc(C)cc3F)OCOC2=CC1=O.Cc1ccc(C[C@H](C)[C@]23C[C@H](CC4CC4)C(=O)C=C2OCO3)c(F)c1. The second kappa shape index (κ2) is 14.3. The largest absolute Gasteiger partial charge is 0.469 e. The van der Waals surface area contributed by atoms with Gasteiger partial charge in [-0.1, -0.05) is 57.0 Å². The van der Waals surface area contributed by atoms with Crippen molar-refractivity contribution < 1.29 is 37.3 Å². The first-order valence-corrected chi connectivity index (χ1v) is 17.6. The number of aryl methyl sites for hydroxylation is 2. The molecular weight excluding hydrogens is 626 g/mol. The number of hydrogen-bond acceptors (Lipinski definition) is 6. The fraction of sp³-hybridized carbons (Fsp3) is 0.512. The molecule has 5 aliphatic rings. The minimum Gasteiger partial charge on any atom is -0.469 e. The number of benzene rings is 2. The van der Waals surface area contributed by atoms with Crippen molar-refractivity contribution in [3.63, 3.8) is 0 Å². The fourth-order valence-electron chi connectivity index (χ4n) is 8.01. The smallest absolute Gasteiger partial charge is 0.189 e. The molecule has 2 saturated heterocycles. The van der Waals surface area contributed by atoms with Crippen molar-refractivity contribution in [3.8, 4) is 0 Å². The highest BCUT2D eigenvalue weighted by Gasteiger charge is 2.53. The topological polar surface area (TPSA) is 71.1 Å². The molecule has 3 aliphatic carbocycles. The molecule has 0 spiro atoms. The lowest BCUT2D eigenvalue weighted by Gasteiger charge is -2.38. The second-order valence-electron chi connectivity index (χ2n) is 14.8. The van der Waals surface area contributed by atoms with Crippen LogP contribution in [0.5, 0.6) is 0 Å². The van der Waals surface area contributed by atoms with Gasteiger partial charge in [0.15, 0.2) is 25.2 Å². The van der Waals surface area contributed by atoms with Crippen LogP contribution in [0.2, 0.25) is 0 Å². The summed E-state index contributed by atoms with van der Waals surface area (Å²) in [6.07, 6.45) is 11.3. The Morgan fingerprint density at radius 1 is 0.796 bits per heavy atom. The van der Waals surface area contributed by atoms with Gasteiger partial charge in [0, 0.05) is 24.0 Å². The molecule has 6 nitrogen and oxygen atoms in total. The molecule has 8 heteroatoms. The van der Waals surface area contributed by atoms with Gasteiger partial charge in [-0.25, -0.2) is 8.78 Å². The molecule has 49 heavy (non-hydrogen) atoms. The number of ether oxygens (including phenoxy) is 4.